The molecule has 156 valence electrons. The molecule has 1 fully saturated rings. The number of rotatable bonds is 8. The second-order valence-electron chi connectivity index (χ2n) is 7.98. The van der Waals surface area contributed by atoms with Gasteiger partial charge in [0.1, 0.15) is 5.69 Å². The second-order valence-corrected chi connectivity index (χ2v) is 7.98. The molecule has 6 heteroatoms. The van der Waals surface area contributed by atoms with Crippen LogP contribution in [0.4, 0.5) is 0 Å². The molecular weight excluding hydrogens is 374 g/mol. The van der Waals surface area contributed by atoms with Crippen LogP contribution >= 0.6 is 0 Å². The Balaban J connectivity index is 1.29. The minimum atomic E-state index is 0.380. The number of aromatic nitrogens is 4. The zero-order valence-corrected chi connectivity index (χ0v) is 17.7. The summed E-state index contributed by atoms with van der Waals surface area (Å²) in [4.78, 5) is 8.65. The van der Waals surface area contributed by atoms with E-state index in [-0.39, 0.29) is 0 Å². The summed E-state index contributed by atoms with van der Waals surface area (Å²) >= 11 is 0. The average molecular weight is 404 g/mol. The first kappa shape index (κ1) is 20.6. The normalized spacial score (nSPS) is 18.6. The molecule has 0 radical (unpaired) electrons. The molecule has 1 aliphatic heterocycles. The van der Waals surface area contributed by atoms with Gasteiger partial charge in [-0.2, -0.15) is 5.10 Å². The average Bonchev–Trinajstić information content (AvgIpc) is 3.23. The lowest BCUT2D eigenvalue weighted by Crippen LogP contribution is -2.31. The third kappa shape index (κ3) is 5.07. The molecule has 0 bridgehead atoms. The highest BCUT2D eigenvalue weighted by atomic mass is 16.5. The Morgan fingerprint density at radius 2 is 1.87 bits per heavy atom. The van der Waals surface area contributed by atoms with E-state index in [4.69, 9.17) is 4.74 Å². The van der Waals surface area contributed by atoms with E-state index < -0.39 is 0 Å². The molecule has 0 amide bonds. The molecule has 1 aliphatic rings. The molecular formula is C24H29N5O. The summed E-state index contributed by atoms with van der Waals surface area (Å²) in [5.74, 6) is 1.15. The van der Waals surface area contributed by atoms with Crippen LogP contribution in [-0.2, 0) is 11.2 Å². The number of hydrogen-bond acceptors (Lipinski definition) is 6. The van der Waals surface area contributed by atoms with Crippen molar-refractivity contribution in [3.05, 3.63) is 71.2 Å². The lowest BCUT2D eigenvalue weighted by Gasteiger charge is -2.20. The Morgan fingerprint density at radius 3 is 2.67 bits per heavy atom. The van der Waals surface area contributed by atoms with Crippen molar-refractivity contribution in [1.82, 2.24) is 25.5 Å². The van der Waals surface area contributed by atoms with Crippen molar-refractivity contribution in [3.63, 3.8) is 0 Å². The first-order valence-corrected chi connectivity index (χ1v) is 10.7. The molecule has 1 N–H and O–H groups in total. The highest BCUT2D eigenvalue weighted by Crippen LogP contribution is 2.28. The molecule has 2 aromatic heterocycles. The summed E-state index contributed by atoms with van der Waals surface area (Å²) in [6.07, 6.45) is 6.42. The van der Waals surface area contributed by atoms with Crippen molar-refractivity contribution in [2.75, 3.05) is 19.8 Å². The fraction of sp³-hybridized carbons (Fsp3) is 0.417. The minimum absolute atomic E-state index is 0.380. The molecule has 3 heterocycles. The van der Waals surface area contributed by atoms with Crippen molar-refractivity contribution >= 4 is 0 Å². The summed E-state index contributed by atoms with van der Waals surface area (Å²) in [7, 11) is 0. The molecule has 0 saturated carbocycles. The van der Waals surface area contributed by atoms with Gasteiger partial charge >= 0.3 is 0 Å². The standard InChI is InChI=1S/C24H29N5O/c1-17-6-8-19(9-7-17)21-10-13-25-22(21)16-30-14-3-5-20-15-18(2)28-29-23(20)24-26-11-4-12-27-24/h4,6-9,11-12,15,21-22,25H,3,5,10,13-14,16H2,1-2H3/t21-,22-/m1/s1. The van der Waals surface area contributed by atoms with Gasteiger partial charge in [-0.15, -0.1) is 5.10 Å². The first-order valence-electron chi connectivity index (χ1n) is 10.7. The van der Waals surface area contributed by atoms with Gasteiger partial charge in [-0.3, -0.25) is 0 Å². The van der Waals surface area contributed by atoms with E-state index in [2.05, 4.69) is 62.7 Å². The van der Waals surface area contributed by atoms with E-state index in [0.717, 1.165) is 49.6 Å². The quantitative estimate of drug-likeness (QED) is 0.579. The van der Waals surface area contributed by atoms with Crippen LogP contribution in [0.25, 0.3) is 11.5 Å². The van der Waals surface area contributed by atoms with Gasteiger partial charge in [0.15, 0.2) is 5.82 Å². The fourth-order valence-corrected chi connectivity index (χ4v) is 4.07. The Labute approximate surface area is 178 Å². The summed E-state index contributed by atoms with van der Waals surface area (Å²) in [5.41, 5.74) is 5.50. The van der Waals surface area contributed by atoms with Crippen molar-refractivity contribution in [2.45, 2.75) is 45.1 Å². The third-order valence-corrected chi connectivity index (χ3v) is 5.66. The zero-order valence-electron chi connectivity index (χ0n) is 17.7. The van der Waals surface area contributed by atoms with Crippen LogP contribution in [0.15, 0.2) is 48.8 Å². The van der Waals surface area contributed by atoms with E-state index in [1.54, 1.807) is 18.5 Å². The van der Waals surface area contributed by atoms with Crippen LogP contribution in [0.3, 0.4) is 0 Å². The topological polar surface area (TPSA) is 72.8 Å². The maximum atomic E-state index is 6.06. The fourth-order valence-electron chi connectivity index (χ4n) is 4.07. The highest BCUT2D eigenvalue weighted by Gasteiger charge is 2.28. The molecule has 30 heavy (non-hydrogen) atoms. The molecule has 0 aliphatic carbocycles. The van der Waals surface area contributed by atoms with E-state index in [1.807, 2.05) is 6.92 Å². The van der Waals surface area contributed by atoms with Crippen molar-refractivity contribution in [3.8, 4) is 11.5 Å². The van der Waals surface area contributed by atoms with E-state index in [9.17, 15) is 0 Å². The Bertz CT molecular complexity index is 946. The van der Waals surface area contributed by atoms with E-state index in [1.165, 1.54) is 17.5 Å². The molecule has 1 saturated heterocycles. The lowest BCUT2D eigenvalue weighted by molar-refractivity contribution is 0.110. The number of nitrogens with zero attached hydrogens (tertiary/aromatic N) is 4. The van der Waals surface area contributed by atoms with Crippen molar-refractivity contribution in [1.29, 1.82) is 0 Å². The zero-order chi connectivity index (χ0) is 20.8. The van der Waals surface area contributed by atoms with Gasteiger partial charge in [-0.25, -0.2) is 9.97 Å². The Kier molecular flexibility index (Phi) is 6.77. The van der Waals surface area contributed by atoms with Gasteiger partial charge < -0.3 is 10.1 Å². The van der Waals surface area contributed by atoms with E-state index >= 15 is 0 Å². The van der Waals surface area contributed by atoms with Crippen LogP contribution in [0.1, 0.15) is 41.1 Å². The number of hydrogen-bond donors (Lipinski definition) is 1. The molecule has 2 atom stereocenters. The summed E-state index contributed by atoms with van der Waals surface area (Å²) in [5, 5.41) is 12.1. The molecule has 3 aromatic rings. The third-order valence-electron chi connectivity index (χ3n) is 5.66. The Hall–Kier alpha value is -2.70. The molecule has 1 aromatic carbocycles. The number of nitrogens with one attached hydrogen (secondary N) is 1. The van der Waals surface area contributed by atoms with Crippen LogP contribution in [-0.4, -0.2) is 46.0 Å². The molecule has 6 nitrogen and oxygen atoms in total. The Morgan fingerprint density at radius 1 is 1.07 bits per heavy atom. The summed E-state index contributed by atoms with van der Waals surface area (Å²) < 4.78 is 6.06. The van der Waals surface area contributed by atoms with Gasteiger partial charge in [0.05, 0.1) is 12.3 Å². The predicted molar refractivity (Wildman–Crippen MR) is 117 cm³/mol. The van der Waals surface area contributed by atoms with Gasteiger partial charge in [-0.1, -0.05) is 29.8 Å². The van der Waals surface area contributed by atoms with Crippen LogP contribution < -0.4 is 5.32 Å². The highest BCUT2D eigenvalue weighted by molar-refractivity contribution is 5.53. The summed E-state index contributed by atoms with van der Waals surface area (Å²) in [6, 6.07) is 13.2. The van der Waals surface area contributed by atoms with E-state index in [0.29, 0.717) is 17.8 Å². The predicted octanol–water partition coefficient (Wildman–Crippen LogP) is 3.65. The molecule has 4 rings (SSSR count). The van der Waals surface area contributed by atoms with Crippen molar-refractivity contribution < 1.29 is 4.74 Å². The SMILES string of the molecule is Cc1ccc([C@H]2CCN[C@@H]2COCCCc2cc(C)nnc2-c2ncccn2)cc1. The lowest BCUT2D eigenvalue weighted by atomic mass is 9.92. The largest absolute Gasteiger partial charge is 0.380 e. The summed E-state index contributed by atoms with van der Waals surface area (Å²) in [6.45, 7) is 6.59. The van der Waals surface area contributed by atoms with Crippen LogP contribution in [0, 0.1) is 13.8 Å². The second kappa shape index (κ2) is 9.87. The minimum Gasteiger partial charge on any atom is -0.380 e. The number of aryl methyl sites for hydroxylation is 3. The number of benzene rings is 1. The maximum absolute atomic E-state index is 6.06. The number of ether oxygens (including phenoxy) is 1. The first-order chi connectivity index (χ1) is 14.7. The molecule has 0 unspecified atom stereocenters. The van der Waals surface area contributed by atoms with Gasteiger partial charge in [0, 0.05) is 31.0 Å². The van der Waals surface area contributed by atoms with Crippen molar-refractivity contribution in [2.24, 2.45) is 0 Å². The van der Waals surface area contributed by atoms with Crippen LogP contribution in [0.5, 0.6) is 0 Å². The van der Waals surface area contributed by atoms with Gasteiger partial charge in [0.25, 0.3) is 0 Å². The smallest absolute Gasteiger partial charge is 0.180 e. The van der Waals surface area contributed by atoms with Crippen LogP contribution in [0.2, 0.25) is 0 Å². The van der Waals surface area contributed by atoms with Gasteiger partial charge in [-0.05, 0) is 62.9 Å². The maximum Gasteiger partial charge on any atom is 0.180 e. The molecule has 0 spiro atoms. The monoisotopic (exact) mass is 403 g/mol. The van der Waals surface area contributed by atoms with Gasteiger partial charge in [0.2, 0.25) is 0 Å².